The molecule has 7 nitrogen and oxygen atoms in total. The number of H-pyrrole nitrogens is 1. The van der Waals surface area contributed by atoms with Gasteiger partial charge in [-0.1, -0.05) is 12.1 Å². The van der Waals surface area contributed by atoms with Crippen molar-refractivity contribution in [3.05, 3.63) is 30.6 Å². The second-order valence-electron chi connectivity index (χ2n) is 3.88. The van der Waals surface area contributed by atoms with Crippen molar-refractivity contribution in [3.8, 4) is 0 Å². The summed E-state index contributed by atoms with van der Waals surface area (Å²) in [5, 5.41) is 16.3. The van der Waals surface area contributed by atoms with Gasteiger partial charge in [0.1, 0.15) is 0 Å². The lowest BCUT2D eigenvalue weighted by molar-refractivity contribution is -0.141. The highest BCUT2D eigenvalue weighted by Crippen LogP contribution is 2.05. The third-order valence-corrected chi connectivity index (χ3v) is 2.14. The number of aromatic amines is 1. The first-order valence-electron chi connectivity index (χ1n) is 5.49. The van der Waals surface area contributed by atoms with Crippen LogP contribution >= 0.6 is 0 Å². The molecule has 19 heavy (non-hydrogen) atoms. The molecule has 0 atom stereocenters. The maximum atomic E-state index is 9.96. The highest BCUT2D eigenvalue weighted by atomic mass is 16.4. The van der Waals surface area contributed by atoms with Crippen LogP contribution < -0.4 is 0 Å². The quantitative estimate of drug-likeness (QED) is 0.749. The van der Waals surface area contributed by atoms with Crippen molar-refractivity contribution in [1.82, 2.24) is 14.9 Å². The average Bonchev–Trinajstić information content (AvgIpc) is 2.75. The van der Waals surface area contributed by atoms with E-state index in [1.165, 1.54) is 11.9 Å². The van der Waals surface area contributed by atoms with E-state index in [1.807, 2.05) is 24.3 Å². The molecule has 1 aromatic carbocycles. The van der Waals surface area contributed by atoms with Gasteiger partial charge in [0.25, 0.3) is 0 Å². The standard InChI is InChI=1S/C7H6N2.C5H9NO4/c1-2-4-7-6(3-1)8-5-9-7;1-6(2-4(7)8)3-5(9)10/h1-5H,(H,8,9);2-3H2,1H3,(H,7,8)(H,9,10). The fourth-order valence-electron chi connectivity index (χ4n) is 1.40. The first-order valence-corrected chi connectivity index (χ1v) is 5.49. The number of imidazole rings is 1. The summed E-state index contributed by atoms with van der Waals surface area (Å²) in [6.45, 7) is -0.488. The van der Waals surface area contributed by atoms with E-state index in [2.05, 4.69) is 9.97 Å². The molecule has 102 valence electrons. The van der Waals surface area contributed by atoms with Crippen molar-refractivity contribution in [2.75, 3.05) is 20.1 Å². The van der Waals surface area contributed by atoms with Gasteiger partial charge in [0.05, 0.1) is 30.5 Å². The number of aliphatic carboxylic acids is 2. The summed E-state index contributed by atoms with van der Waals surface area (Å²) in [5.74, 6) is -2.05. The number of benzene rings is 1. The third-order valence-electron chi connectivity index (χ3n) is 2.14. The zero-order valence-corrected chi connectivity index (χ0v) is 10.4. The lowest BCUT2D eigenvalue weighted by Crippen LogP contribution is -2.30. The molecule has 0 spiro atoms. The predicted octanol–water partition coefficient (Wildman–Crippen LogP) is 0.650. The largest absolute Gasteiger partial charge is 0.480 e. The van der Waals surface area contributed by atoms with Crippen LogP contribution in [0.25, 0.3) is 11.0 Å². The summed E-state index contributed by atoms with van der Waals surface area (Å²) < 4.78 is 0. The molecule has 0 aliphatic rings. The molecule has 1 heterocycles. The number of carbonyl (C=O) groups is 2. The van der Waals surface area contributed by atoms with Crippen molar-refractivity contribution in [2.45, 2.75) is 0 Å². The van der Waals surface area contributed by atoms with Crippen molar-refractivity contribution in [2.24, 2.45) is 0 Å². The molecular weight excluding hydrogens is 250 g/mol. The molecule has 0 aliphatic heterocycles. The lowest BCUT2D eigenvalue weighted by atomic mass is 10.3. The van der Waals surface area contributed by atoms with Crippen LogP contribution in [0.4, 0.5) is 0 Å². The molecular formula is C12H15N3O4. The molecule has 0 unspecified atom stereocenters. The number of rotatable bonds is 4. The first-order chi connectivity index (χ1) is 8.99. The number of fused-ring (bicyclic) bond motifs is 1. The van der Waals surface area contributed by atoms with E-state index < -0.39 is 11.9 Å². The molecule has 2 rings (SSSR count). The summed E-state index contributed by atoms with van der Waals surface area (Å²) in [5.41, 5.74) is 2.12. The Morgan fingerprint density at radius 3 is 2.32 bits per heavy atom. The molecule has 0 saturated heterocycles. The van der Waals surface area contributed by atoms with Crippen LogP contribution in [-0.4, -0.2) is 57.2 Å². The number of hydrogen-bond acceptors (Lipinski definition) is 4. The van der Waals surface area contributed by atoms with E-state index >= 15 is 0 Å². The summed E-state index contributed by atoms with van der Waals surface area (Å²) in [6.07, 6.45) is 1.70. The van der Waals surface area contributed by atoms with Crippen LogP contribution in [0, 0.1) is 0 Å². The van der Waals surface area contributed by atoms with E-state index in [-0.39, 0.29) is 13.1 Å². The Labute approximate surface area is 109 Å². The number of para-hydroxylation sites is 2. The minimum atomic E-state index is -1.02. The van der Waals surface area contributed by atoms with Gasteiger partial charge in [0, 0.05) is 0 Å². The van der Waals surface area contributed by atoms with Gasteiger partial charge in [-0.25, -0.2) is 4.98 Å². The summed E-state index contributed by atoms with van der Waals surface area (Å²) >= 11 is 0. The second-order valence-corrected chi connectivity index (χ2v) is 3.88. The van der Waals surface area contributed by atoms with Crippen molar-refractivity contribution in [1.29, 1.82) is 0 Å². The Hall–Kier alpha value is -2.41. The fourth-order valence-corrected chi connectivity index (χ4v) is 1.40. The number of hydrogen-bond donors (Lipinski definition) is 3. The Balaban J connectivity index is 0.000000190. The zero-order chi connectivity index (χ0) is 14.3. The minimum absolute atomic E-state index is 0.244. The Bertz CT molecular complexity index is 506. The van der Waals surface area contributed by atoms with Crippen LogP contribution in [0.15, 0.2) is 30.6 Å². The number of carboxylic acid groups (broad SMARTS) is 2. The van der Waals surface area contributed by atoms with Crippen molar-refractivity contribution in [3.63, 3.8) is 0 Å². The molecule has 7 heteroatoms. The third kappa shape index (κ3) is 5.64. The molecule has 2 aromatic rings. The van der Waals surface area contributed by atoms with E-state index in [0.29, 0.717) is 0 Å². The first kappa shape index (κ1) is 14.7. The van der Waals surface area contributed by atoms with Crippen LogP contribution in [0.1, 0.15) is 0 Å². The number of carboxylic acids is 2. The van der Waals surface area contributed by atoms with Gasteiger partial charge >= 0.3 is 11.9 Å². The Kier molecular flexibility index (Phi) is 5.49. The Morgan fingerprint density at radius 2 is 1.79 bits per heavy atom. The van der Waals surface area contributed by atoms with Gasteiger partial charge in [-0.3, -0.25) is 14.5 Å². The van der Waals surface area contributed by atoms with Gasteiger partial charge in [0.2, 0.25) is 0 Å². The molecule has 0 radical (unpaired) electrons. The SMILES string of the molecule is CN(CC(=O)O)CC(=O)O.c1ccc2[nH]cnc2c1. The summed E-state index contributed by atoms with van der Waals surface area (Å²) in [6, 6.07) is 7.94. The highest BCUT2D eigenvalue weighted by molar-refractivity contribution is 5.73. The van der Waals surface area contributed by atoms with Gasteiger partial charge in [-0.2, -0.15) is 0 Å². The molecule has 0 saturated carbocycles. The maximum Gasteiger partial charge on any atom is 0.317 e. The molecule has 0 aliphatic carbocycles. The average molecular weight is 265 g/mol. The molecule has 0 bridgehead atoms. The molecule has 0 fully saturated rings. The number of nitrogens with one attached hydrogen (secondary N) is 1. The van der Waals surface area contributed by atoms with E-state index in [9.17, 15) is 9.59 Å². The second kappa shape index (κ2) is 7.12. The maximum absolute atomic E-state index is 9.96. The van der Waals surface area contributed by atoms with Gasteiger partial charge in [-0.05, 0) is 19.2 Å². The Morgan fingerprint density at radius 1 is 1.21 bits per heavy atom. The van der Waals surface area contributed by atoms with Gasteiger partial charge in [-0.15, -0.1) is 0 Å². The van der Waals surface area contributed by atoms with Gasteiger partial charge in [0.15, 0.2) is 0 Å². The number of likely N-dealkylation sites (N-methyl/N-ethyl adjacent to an activating group) is 1. The fraction of sp³-hybridized carbons (Fsp3) is 0.250. The monoisotopic (exact) mass is 265 g/mol. The normalized spacial score (nSPS) is 10.0. The molecule has 3 N–H and O–H groups in total. The summed E-state index contributed by atoms with van der Waals surface area (Å²) in [4.78, 5) is 28.2. The van der Waals surface area contributed by atoms with E-state index in [4.69, 9.17) is 10.2 Å². The van der Waals surface area contributed by atoms with Crippen LogP contribution in [0.5, 0.6) is 0 Å². The van der Waals surface area contributed by atoms with Crippen LogP contribution in [0.2, 0.25) is 0 Å². The van der Waals surface area contributed by atoms with Crippen molar-refractivity contribution < 1.29 is 19.8 Å². The van der Waals surface area contributed by atoms with E-state index in [1.54, 1.807) is 6.33 Å². The van der Waals surface area contributed by atoms with Crippen LogP contribution in [0.3, 0.4) is 0 Å². The van der Waals surface area contributed by atoms with Gasteiger partial charge < -0.3 is 15.2 Å². The number of nitrogens with zero attached hydrogens (tertiary/aromatic N) is 2. The van der Waals surface area contributed by atoms with E-state index in [0.717, 1.165) is 11.0 Å². The van der Waals surface area contributed by atoms with Crippen molar-refractivity contribution >= 4 is 23.0 Å². The topological polar surface area (TPSA) is 107 Å². The predicted molar refractivity (Wildman–Crippen MR) is 68.9 cm³/mol. The smallest absolute Gasteiger partial charge is 0.317 e. The summed E-state index contributed by atoms with van der Waals surface area (Å²) in [7, 11) is 1.43. The van der Waals surface area contributed by atoms with Crippen LogP contribution in [-0.2, 0) is 9.59 Å². The molecule has 1 aromatic heterocycles. The minimum Gasteiger partial charge on any atom is -0.480 e. The molecule has 0 amide bonds. The number of aromatic nitrogens is 2. The lowest BCUT2D eigenvalue weighted by Gasteiger charge is -2.08. The zero-order valence-electron chi connectivity index (χ0n) is 10.4. The highest BCUT2D eigenvalue weighted by Gasteiger charge is 2.06.